The van der Waals surface area contributed by atoms with Gasteiger partial charge in [-0.25, -0.2) is 4.79 Å². The number of benzene rings is 1. The van der Waals surface area contributed by atoms with E-state index in [4.69, 9.17) is 5.73 Å². The van der Waals surface area contributed by atoms with Crippen molar-refractivity contribution in [1.29, 1.82) is 0 Å². The van der Waals surface area contributed by atoms with Gasteiger partial charge in [0.15, 0.2) is 0 Å². The first-order valence-corrected chi connectivity index (χ1v) is 5.99. The molecule has 7 heteroatoms. The minimum absolute atomic E-state index is 0.173. The minimum Gasteiger partial charge on any atom is -0.469 e. The van der Waals surface area contributed by atoms with Gasteiger partial charge in [-0.05, 0) is 12.1 Å². The number of amides is 1. The van der Waals surface area contributed by atoms with Gasteiger partial charge in [-0.3, -0.25) is 9.59 Å². The zero-order valence-electron chi connectivity index (χ0n) is 11.7. The molecule has 0 aliphatic rings. The number of ether oxygens (including phenoxy) is 2. The zero-order valence-corrected chi connectivity index (χ0v) is 11.7. The van der Waals surface area contributed by atoms with Gasteiger partial charge in [0.1, 0.15) is 5.82 Å². The van der Waals surface area contributed by atoms with E-state index in [0.717, 1.165) is 7.11 Å². The second kappa shape index (κ2) is 7.68. The Bertz CT molecular complexity index is 566. The topological polar surface area (TPSA) is 108 Å². The number of esters is 2. The predicted octanol–water partition coefficient (Wildman–Crippen LogP) is 0.323. The third-order valence-electron chi connectivity index (χ3n) is 2.59. The Morgan fingerprint density at radius 2 is 1.71 bits per heavy atom. The van der Waals surface area contributed by atoms with Gasteiger partial charge in [-0.1, -0.05) is 18.2 Å². The fraction of sp³-hybridized carbons (Fsp3) is 0.214. The van der Waals surface area contributed by atoms with Gasteiger partial charge in [0.2, 0.25) is 0 Å². The van der Waals surface area contributed by atoms with Crippen LogP contribution in [0.5, 0.6) is 0 Å². The van der Waals surface area contributed by atoms with Crippen LogP contribution in [0.3, 0.4) is 0 Å². The Morgan fingerprint density at radius 1 is 1.10 bits per heavy atom. The molecular formula is C14H16N2O5. The summed E-state index contributed by atoms with van der Waals surface area (Å²) in [4.78, 5) is 34.8. The summed E-state index contributed by atoms with van der Waals surface area (Å²) in [6.07, 6.45) is -0.399. The maximum absolute atomic E-state index is 11.9. The minimum atomic E-state index is -0.814. The van der Waals surface area contributed by atoms with Crippen molar-refractivity contribution in [3.05, 3.63) is 47.3 Å². The first-order chi connectivity index (χ1) is 9.99. The van der Waals surface area contributed by atoms with Crippen molar-refractivity contribution >= 4 is 17.8 Å². The molecule has 0 spiro atoms. The van der Waals surface area contributed by atoms with E-state index in [2.05, 4.69) is 14.8 Å². The summed E-state index contributed by atoms with van der Waals surface area (Å²) >= 11 is 0. The van der Waals surface area contributed by atoms with Crippen LogP contribution in [0.4, 0.5) is 0 Å². The largest absolute Gasteiger partial charge is 0.469 e. The van der Waals surface area contributed by atoms with E-state index in [-0.39, 0.29) is 11.4 Å². The van der Waals surface area contributed by atoms with Crippen molar-refractivity contribution in [2.75, 3.05) is 14.2 Å². The fourth-order valence-electron chi connectivity index (χ4n) is 1.48. The second-order valence-corrected chi connectivity index (χ2v) is 3.96. The van der Waals surface area contributed by atoms with Crippen molar-refractivity contribution in [2.24, 2.45) is 5.73 Å². The fourth-order valence-corrected chi connectivity index (χ4v) is 1.48. The maximum atomic E-state index is 11.9. The SMILES string of the molecule is COC(=O)CC(C(=O)OC)=C(N)NC(=O)c1ccccc1. The number of methoxy groups -OCH3 is 2. The average molecular weight is 292 g/mol. The van der Waals surface area contributed by atoms with Crippen LogP contribution in [0.25, 0.3) is 0 Å². The Balaban J connectivity index is 2.96. The van der Waals surface area contributed by atoms with E-state index in [0.29, 0.717) is 5.56 Å². The van der Waals surface area contributed by atoms with Crippen LogP contribution in [-0.2, 0) is 19.1 Å². The Labute approximate surface area is 121 Å². The summed E-state index contributed by atoms with van der Waals surface area (Å²) in [5.74, 6) is -2.24. The number of carbonyl (C=O) groups excluding carboxylic acids is 3. The van der Waals surface area contributed by atoms with E-state index >= 15 is 0 Å². The van der Waals surface area contributed by atoms with Gasteiger partial charge in [0, 0.05) is 5.56 Å². The first-order valence-electron chi connectivity index (χ1n) is 5.99. The molecule has 0 saturated carbocycles. The van der Waals surface area contributed by atoms with Crippen LogP contribution >= 0.6 is 0 Å². The molecule has 0 radical (unpaired) electrons. The summed E-state index contributed by atoms with van der Waals surface area (Å²) in [6.45, 7) is 0. The van der Waals surface area contributed by atoms with Gasteiger partial charge in [0.25, 0.3) is 5.91 Å². The molecule has 7 nitrogen and oxygen atoms in total. The second-order valence-electron chi connectivity index (χ2n) is 3.96. The Morgan fingerprint density at radius 3 is 2.24 bits per heavy atom. The van der Waals surface area contributed by atoms with Crippen LogP contribution in [0, 0.1) is 0 Å². The molecule has 112 valence electrons. The molecule has 0 aromatic heterocycles. The van der Waals surface area contributed by atoms with Crippen molar-refractivity contribution in [3.8, 4) is 0 Å². The van der Waals surface area contributed by atoms with E-state index in [1.54, 1.807) is 30.3 Å². The lowest BCUT2D eigenvalue weighted by molar-refractivity contribution is -0.143. The monoisotopic (exact) mass is 292 g/mol. The van der Waals surface area contributed by atoms with Gasteiger partial charge in [0.05, 0.1) is 26.2 Å². The third kappa shape index (κ3) is 4.64. The highest BCUT2D eigenvalue weighted by Crippen LogP contribution is 2.08. The van der Waals surface area contributed by atoms with Gasteiger partial charge in [-0.15, -0.1) is 0 Å². The normalized spacial score (nSPS) is 11.1. The molecule has 0 atom stereocenters. The molecule has 1 aromatic rings. The molecule has 0 saturated heterocycles. The van der Waals surface area contributed by atoms with Gasteiger partial charge >= 0.3 is 11.9 Å². The summed E-state index contributed by atoms with van der Waals surface area (Å²) < 4.78 is 9.00. The maximum Gasteiger partial charge on any atom is 0.337 e. The highest BCUT2D eigenvalue weighted by atomic mass is 16.5. The number of nitrogens with one attached hydrogen (secondary N) is 1. The zero-order chi connectivity index (χ0) is 15.8. The molecule has 21 heavy (non-hydrogen) atoms. The van der Waals surface area contributed by atoms with Crippen molar-refractivity contribution in [1.82, 2.24) is 5.32 Å². The molecule has 0 aliphatic carbocycles. The standard InChI is InChI=1S/C14H16N2O5/c1-20-11(17)8-10(14(19)21-2)12(15)16-13(18)9-6-4-3-5-7-9/h3-7H,8,15H2,1-2H3,(H,16,18). The van der Waals surface area contributed by atoms with E-state index < -0.39 is 24.3 Å². The molecule has 0 bridgehead atoms. The quantitative estimate of drug-likeness (QED) is 0.598. The molecule has 1 amide bonds. The number of rotatable bonds is 5. The summed E-state index contributed by atoms with van der Waals surface area (Å²) in [6, 6.07) is 8.30. The lowest BCUT2D eigenvalue weighted by Gasteiger charge is -2.10. The molecular weight excluding hydrogens is 276 g/mol. The summed E-state index contributed by atoms with van der Waals surface area (Å²) in [5.41, 5.74) is 5.87. The molecule has 1 rings (SSSR count). The average Bonchev–Trinajstić information content (AvgIpc) is 2.52. The van der Waals surface area contributed by atoms with Crippen LogP contribution in [0.2, 0.25) is 0 Å². The molecule has 0 heterocycles. The van der Waals surface area contributed by atoms with E-state index in [1.165, 1.54) is 7.11 Å². The number of hydrogen-bond donors (Lipinski definition) is 2. The molecule has 0 fully saturated rings. The lowest BCUT2D eigenvalue weighted by atomic mass is 10.1. The molecule has 0 unspecified atom stereocenters. The summed E-state index contributed by atoms with van der Waals surface area (Å²) in [5, 5.41) is 2.35. The Kier molecular flexibility index (Phi) is 5.94. The smallest absolute Gasteiger partial charge is 0.337 e. The number of hydrogen-bond acceptors (Lipinski definition) is 6. The van der Waals surface area contributed by atoms with E-state index in [9.17, 15) is 14.4 Å². The molecule has 3 N–H and O–H groups in total. The molecule has 0 aliphatic heterocycles. The predicted molar refractivity (Wildman–Crippen MR) is 73.8 cm³/mol. The summed E-state index contributed by atoms with van der Waals surface area (Å²) in [7, 11) is 2.32. The van der Waals surface area contributed by atoms with Crippen LogP contribution in [0.1, 0.15) is 16.8 Å². The van der Waals surface area contributed by atoms with Crippen molar-refractivity contribution in [2.45, 2.75) is 6.42 Å². The van der Waals surface area contributed by atoms with Crippen LogP contribution < -0.4 is 11.1 Å². The van der Waals surface area contributed by atoms with Crippen molar-refractivity contribution < 1.29 is 23.9 Å². The lowest BCUT2D eigenvalue weighted by Crippen LogP contribution is -2.31. The van der Waals surface area contributed by atoms with Crippen molar-refractivity contribution in [3.63, 3.8) is 0 Å². The first kappa shape index (κ1) is 16.2. The number of nitrogens with two attached hydrogens (primary N) is 1. The number of carbonyl (C=O) groups is 3. The van der Waals surface area contributed by atoms with Gasteiger partial charge in [-0.2, -0.15) is 0 Å². The Hall–Kier alpha value is -2.83. The highest BCUT2D eigenvalue weighted by molar-refractivity contribution is 5.98. The van der Waals surface area contributed by atoms with Crippen LogP contribution in [-0.4, -0.2) is 32.1 Å². The van der Waals surface area contributed by atoms with Crippen LogP contribution in [0.15, 0.2) is 41.7 Å². The van der Waals surface area contributed by atoms with E-state index in [1.807, 2.05) is 0 Å². The third-order valence-corrected chi connectivity index (χ3v) is 2.59. The van der Waals surface area contributed by atoms with Gasteiger partial charge < -0.3 is 20.5 Å². The molecule has 1 aromatic carbocycles. The highest BCUT2D eigenvalue weighted by Gasteiger charge is 2.20.